The van der Waals surface area contributed by atoms with Gasteiger partial charge >= 0.3 is 0 Å². The van der Waals surface area contributed by atoms with Gasteiger partial charge in [-0.3, -0.25) is 19.3 Å². The Morgan fingerprint density at radius 3 is 2.73 bits per heavy atom. The third-order valence-corrected chi connectivity index (χ3v) is 7.47. The normalized spacial score (nSPS) is 25.0. The first-order valence-corrected chi connectivity index (χ1v) is 11.5. The number of nitrogens with two attached hydrogens (primary N) is 1. The maximum absolute atomic E-state index is 12.8. The van der Waals surface area contributed by atoms with Crippen molar-refractivity contribution < 1.29 is 24.3 Å². The van der Waals surface area contributed by atoms with Crippen LogP contribution in [0.5, 0.6) is 0 Å². The van der Waals surface area contributed by atoms with Crippen molar-refractivity contribution in [2.75, 3.05) is 24.7 Å². The van der Waals surface area contributed by atoms with Crippen LogP contribution in [0.15, 0.2) is 21.8 Å². The number of β-lactam (4-membered cyclic amide) rings is 1. The van der Waals surface area contributed by atoms with E-state index in [0.717, 1.165) is 29.8 Å². The minimum atomic E-state index is -0.853. The number of fused-ring (bicyclic) bond motifs is 1. The number of aromatic nitrogens is 1. The first-order chi connectivity index (χ1) is 14.4. The molecule has 0 bridgehead atoms. The van der Waals surface area contributed by atoms with E-state index in [1.807, 2.05) is 0 Å². The number of nitrogens with zero attached hydrogens (tertiary/aromatic N) is 3. The number of rotatable bonds is 5. The minimum absolute atomic E-state index is 0.116. The summed E-state index contributed by atoms with van der Waals surface area (Å²) in [5.41, 5.74) is 6.57. The maximum atomic E-state index is 12.8. The van der Waals surface area contributed by atoms with E-state index in [1.165, 1.54) is 22.0 Å². The first-order valence-electron chi connectivity index (χ1n) is 9.15. The van der Waals surface area contributed by atoms with Crippen molar-refractivity contribution in [1.82, 2.24) is 15.2 Å². The molecule has 4 rings (SSSR count). The van der Waals surface area contributed by atoms with Crippen molar-refractivity contribution in [2.45, 2.75) is 24.3 Å². The highest BCUT2D eigenvalue weighted by atomic mass is 32.2. The van der Waals surface area contributed by atoms with E-state index in [4.69, 9.17) is 10.5 Å². The number of anilines is 1. The number of thiazole rings is 1. The fourth-order valence-electron chi connectivity index (χ4n) is 3.82. The highest BCUT2D eigenvalue weighted by Gasteiger charge is 2.54. The van der Waals surface area contributed by atoms with Gasteiger partial charge in [-0.05, 0) is 24.3 Å². The molecule has 10 nitrogen and oxygen atoms in total. The lowest BCUT2D eigenvalue weighted by atomic mass is 9.89. The Labute approximate surface area is 185 Å². The van der Waals surface area contributed by atoms with Crippen LogP contribution >= 0.6 is 35.7 Å². The fourth-order valence-corrected chi connectivity index (χ4v) is 6.08. The van der Waals surface area contributed by atoms with E-state index in [-0.39, 0.29) is 22.5 Å². The fraction of sp³-hybridized carbons (Fsp3) is 0.471. The molecule has 3 aliphatic rings. The highest BCUT2D eigenvalue weighted by Crippen LogP contribution is 2.44. The lowest BCUT2D eigenvalue weighted by molar-refractivity contribution is -0.146. The number of thioether (sulfide) groups is 1. The average molecular weight is 470 g/mol. The Morgan fingerprint density at radius 1 is 1.40 bits per heavy atom. The summed E-state index contributed by atoms with van der Waals surface area (Å²) in [6.45, 7) is 1.24. The molecule has 2 fully saturated rings. The summed E-state index contributed by atoms with van der Waals surface area (Å²) in [6.07, 6.45) is 1.58. The Balaban J connectivity index is 1.52. The minimum Gasteiger partial charge on any atom is -0.410 e. The third kappa shape index (κ3) is 3.70. The standard InChI is InChI=1S/C17H19N5O5S3/c18-17-19-9(6-30-17)10(21-26)13(23)20-11-14(24)22-12(16(25)28)8(5-29-15(11)22)7-1-3-27-4-2-7/h6-7,11,15,26H,1-5H2,(H2,18,19)(H,20,23)(H,25,28)/b21-10+/t11?,15-/m1/s1. The van der Waals surface area contributed by atoms with E-state index in [2.05, 4.69) is 28.1 Å². The molecule has 1 unspecified atom stereocenters. The van der Waals surface area contributed by atoms with Crippen LogP contribution in [0.1, 0.15) is 18.5 Å². The molecule has 0 saturated carbocycles. The van der Waals surface area contributed by atoms with Crippen LogP contribution in [0.3, 0.4) is 0 Å². The summed E-state index contributed by atoms with van der Waals surface area (Å²) in [4.78, 5) is 43.0. The van der Waals surface area contributed by atoms with E-state index >= 15 is 0 Å². The molecule has 4 heterocycles. The molecule has 0 radical (unpaired) electrons. The number of ether oxygens (including phenoxy) is 1. The van der Waals surface area contributed by atoms with Gasteiger partial charge in [0.1, 0.15) is 17.1 Å². The number of hydrogen-bond acceptors (Lipinski definition) is 10. The van der Waals surface area contributed by atoms with Crippen molar-refractivity contribution in [1.29, 1.82) is 0 Å². The van der Waals surface area contributed by atoms with Crippen LogP contribution in [0, 0.1) is 5.92 Å². The Morgan fingerprint density at radius 2 is 2.13 bits per heavy atom. The zero-order valence-electron chi connectivity index (χ0n) is 15.6. The van der Waals surface area contributed by atoms with E-state index in [9.17, 15) is 19.6 Å². The average Bonchev–Trinajstić information content (AvgIpc) is 3.17. The molecule has 13 heteroatoms. The predicted molar refractivity (Wildman–Crippen MR) is 114 cm³/mol. The molecule has 30 heavy (non-hydrogen) atoms. The first kappa shape index (κ1) is 21.2. The van der Waals surface area contributed by atoms with Crippen LogP contribution in [0.25, 0.3) is 0 Å². The summed E-state index contributed by atoms with van der Waals surface area (Å²) in [6, 6.07) is -0.853. The number of carbonyl (C=O) groups excluding carboxylic acids is 3. The smallest absolute Gasteiger partial charge is 0.276 e. The van der Waals surface area contributed by atoms with Crippen molar-refractivity contribution in [3.8, 4) is 0 Å². The zero-order valence-corrected chi connectivity index (χ0v) is 18.1. The van der Waals surface area contributed by atoms with Crippen LogP contribution < -0.4 is 11.1 Å². The van der Waals surface area contributed by atoms with E-state index < -0.39 is 28.3 Å². The van der Waals surface area contributed by atoms with Gasteiger partial charge in [0, 0.05) is 24.3 Å². The second-order valence-electron chi connectivity index (χ2n) is 6.95. The summed E-state index contributed by atoms with van der Waals surface area (Å²) in [5.74, 6) is -0.420. The Hall–Kier alpha value is -2.09. The van der Waals surface area contributed by atoms with Crippen LogP contribution in [0.4, 0.5) is 5.13 Å². The van der Waals surface area contributed by atoms with Gasteiger partial charge in [-0.1, -0.05) is 17.8 Å². The lowest BCUT2D eigenvalue weighted by Crippen LogP contribution is -2.71. The van der Waals surface area contributed by atoms with Crippen molar-refractivity contribution in [3.63, 3.8) is 0 Å². The predicted octanol–water partition coefficient (Wildman–Crippen LogP) is 0.441. The molecule has 2 atom stereocenters. The molecule has 4 N–H and O–H groups in total. The van der Waals surface area contributed by atoms with Gasteiger partial charge in [0.25, 0.3) is 11.8 Å². The molecule has 2 saturated heterocycles. The van der Waals surface area contributed by atoms with E-state index in [0.29, 0.717) is 24.7 Å². The second-order valence-corrected chi connectivity index (χ2v) is 9.35. The topological polar surface area (TPSA) is 147 Å². The number of hydrogen-bond donors (Lipinski definition) is 4. The molecule has 1 aromatic rings. The summed E-state index contributed by atoms with van der Waals surface area (Å²) < 4.78 is 5.40. The summed E-state index contributed by atoms with van der Waals surface area (Å²) in [7, 11) is 0. The van der Waals surface area contributed by atoms with E-state index in [1.54, 1.807) is 0 Å². The number of amides is 2. The SMILES string of the molecule is Nc1nc(/C(=N\O)C(=O)NC2C(=O)N3C(C(=O)S)=C(C4CCOCC4)CS[C@H]23)cs1. The van der Waals surface area contributed by atoms with Crippen LogP contribution in [-0.4, -0.2) is 68.1 Å². The summed E-state index contributed by atoms with van der Waals surface area (Å²) in [5, 5.41) is 15.6. The van der Waals surface area contributed by atoms with Gasteiger partial charge in [-0.25, -0.2) is 4.98 Å². The van der Waals surface area contributed by atoms with Gasteiger partial charge in [-0.2, -0.15) is 0 Å². The molecule has 1 aromatic heterocycles. The monoisotopic (exact) mass is 469 g/mol. The lowest BCUT2D eigenvalue weighted by Gasteiger charge is -2.50. The molecule has 160 valence electrons. The number of carbonyl (C=O) groups is 3. The maximum Gasteiger partial charge on any atom is 0.276 e. The van der Waals surface area contributed by atoms with Crippen molar-refractivity contribution in [2.24, 2.45) is 11.1 Å². The van der Waals surface area contributed by atoms with Gasteiger partial charge in [0.2, 0.25) is 5.12 Å². The van der Waals surface area contributed by atoms with Crippen LogP contribution in [-0.2, 0) is 19.1 Å². The zero-order chi connectivity index (χ0) is 21.4. The van der Waals surface area contributed by atoms with Gasteiger partial charge in [0.05, 0.1) is 5.70 Å². The number of thiol groups is 1. The molecule has 3 aliphatic heterocycles. The Bertz CT molecular complexity index is 955. The van der Waals surface area contributed by atoms with Crippen molar-refractivity contribution in [3.05, 3.63) is 22.3 Å². The molecule has 2 amide bonds. The largest absolute Gasteiger partial charge is 0.410 e. The molecule has 0 spiro atoms. The molecular formula is C17H19N5O5S3. The van der Waals surface area contributed by atoms with Crippen LogP contribution in [0.2, 0.25) is 0 Å². The van der Waals surface area contributed by atoms with Crippen molar-refractivity contribution >= 4 is 63.5 Å². The molecular weight excluding hydrogens is 450 g/mol. The molecule has 0 aliphatic carbocycles. The number of nitrogen functional groups attached to an aromatic ring is 1. The Kier molecular flexibility index (Phi) is 6.04. The van der Waals surface area contributed by atoms with Gasteiger partial charge < -0.3 is 21.0 Å². The second kappa shape index (κ2) is 8.57. The highest BCUT2D eigenvalue weighted by molar-refractivity contribution is 8.00. The van der Waals surface area contributed by atoms with Gasteiger partial charge in [-0.15, -0.1) is 23.1 Å². The number of oxime groups is 1. The molecule has 0 aromatic carbocycles. The number of nitrogens with one attached hydrogen (secondary N) is 1. The third-order valence-electron chi connectivity index (χ3n) is 5.28. The summed E-state index contributed by atoms with van der Waals surface area (Å²) >= 11 is 6.58. The quantitative estimate of drug-likeness (QED) is 0.160. The van der Waals surface area contributed by atoms with Gasteiger partial charge in [0.15, 0.2) is 10.8 Å².